The van der Waals surface area contributed by atoms with Crippen molar-refractivity contribution in [2.45, 2.75) is 31.4 Å². The van der Waals surface area contributed by atoms with Gasteiger partial charge < -0.3 is 15.0 Å². The van der Waals surface area contributed by atoms with Crippen LogP contribution in [0.3, 0.4) is 0 Å². The monoisotopic (exact) mass is 288 g/mol. The number of ether oxygens (including phenoxy) is 1. The van der Waals surface area contributed by atoms with Crippen molar-refractivity contribution >= 4 is 11.8 Å². The van der Waals surface area contributed by atoms with E-state index in [-0.39, 0.29) is 24.5 Å². The largest absolute Gasteiger partial charge is 0.376 e. The zero-order chi connectivity index (χ0) is 14.9. The fraction of sp³-hybridized carbons (Fsp3) is 0.500. The molecule has 5 nitrogen and oxygen atoms in total. The van der Waals surface area contributed by atoms with Crippen LogP contribution in [-0.4, -0.2) is 42.5 Å². The maximum atomic E-state index is 12.8. The molecule has 1 aromatic carbocycles. The van der Waals surface area contributed by atoms with Crippen LogP contribution in [0.5, 0.6) is 0 Å². The molecule has 0 radical (unpaired) electrons. The molecule has 2 heterocycles. The highest BCUT2D eigenvalue weighted by molar-refractivity contribution is 5.98. The van der Waals surface area contributed by atoms with Crippen LogP contribution >= 0.6 is 0 Å². The molecule has 3 rings (SSSR count). The second-order valence-electron chi connectivity index (χ2n) is 5.86. The fourth-order valence-corrected chi connectivity index (χ4v) is 3.08. The predicted octanol–water partition coefficient (Wildman–Crippen LogP) is 1.04. The molecule has 1 N–H and O–H groups in total. The Balaban J connectivity index is 1.84. The number of nitrogens with zero attached hydrogens (tertiary/aromatic N) is 1. The highest BCUT2D eigenvalue weighted by atomic mass is 16.5. The molecule has 0 aliphatic carbocycles. The SMILES string of the molecule is CC1(c2ccccc2)NC(=O)CN(CC2CCCO2)C1=O. The Bertz CT molecular complexity index is 540. The first kappa shape index (κ1) is 14.1. The zero-order valence-electron chi connectivity index (χ0n) is 12.2. The first-order chi connectivity index (χ1) is 10.1. The van der Waals surface area contributed by atoms with Gasteiger partial charge >= 0.3 is 0 Å². The smallest absolute Gasteiger partial charge is 0.253 e. The lowest BCUT2D eigenvalue weighted by Gasteiger charge is -2.40. The van der Waals surface area contributed by atoms with E-state index in [1.165, 1.54) is 0 Å². The van der Waals surface area contributed by atoms with E-state index in [4.69, 9.17) is 4.74 Å². The second-order valence-corrected chi connectivity index (χ2v) is 5.86. The predicted molar refractivity (Wildman–Crippen MR) is 77.5 cm³/mol. The van der Waals surface area contributed by atoms with Crippen molar-refractivity contribution in [2.24, 2.45) is 0 Å². The minimum absolute atomic E-state index is 0.0554. The quantitative estimate of drug-likeness (QED) is 0.904. The molecular formula is C16H20N2O3. The first-order valence-corrected chi connectivity index (χ1v) is 7.37. The van der Waals surface area contributed by atoms with Crippen LogP contribution in [-0.2, 0) is 19.9 Å². The number of nitrogens with one attached hydrogen (secondary N) is 1. The molecule has 1 aromatic rings. The number of benzene rings is 1. The molecule has 5 heteroatoms. The van der Waals surface area contributed by atoms with Crippen molar-refractivity contribution in [1.29, 1.82) is 0 Å². The Morgan fingerprint density at radius 3 is 2.76 bits per heavy atom. The van der Waals surface area contributed by atoms with Crippen molar-refractivity contribution in [3.8, 4) is 0 Å². The molecule has 112 valence electrons. The summed E-state index contributed by atoms with van der Waals surface area (Å²) < 4.78 is 5.59. The van der Waals surface area contributed by atoms with Crippen molar-refractivity contribution < 1.29 is 14.3 Å². The summed E-state index contributed by atoms with van der Waals surface area (Å²) in [5.41, 5.74) is -0.185. The van der Waals surface area contributed by atoms with E-state index in [9.17, 15) is 9.59 Å². The molecule has 0 spiro atoms. The Morgan fingerprint density at radius 1 is 1.33 bits per heavy atom. The highest BCUT2D eigenvalue weighted by Gasteiger charge is 2.44. The summed E-state index contributed by atoms with van der Waals surface area (Å²) >= 11 is 0. The topological polar surface area (TPSA) is 58.6 Å². The number of carbonyl (C=O) groups is 2. The fourth-order valence-electron chi connectivity index (χ4n) is 3.08. The van der Waals surface area contributed by atoms with Gasteiger partial charge in [0.15, 0.2) is 0 Å². The van der Waals surface area contributed by atoms with Crippen LogP contribution in [0.15, 0.2) is 30.3 Å². The van der Waals surface area contributed by atoms with Crippen LogP contribution < -0.4 is 5.32 Å². The van der Waals surface area contributed by atoms with Crippen molar-refractivity contribution in [1.82, 2.24) is 10.2 Å². The molecule has 21 heavy (non-hydrogen) atoms. The minimum Gasteiger partial charge on any atom is -0.376 e. The second kappa shape index (κ2) is 5.48. The lowest BCUT2D eigenvalue weighted by molar-refractivity contribution is -0.151. The standard InChI is InChI=1S/C16H20N2O3/c1-16(12-6-3-2-4-7-12)15(20)18(11-14(19)17-16)10-13-8-5-9-21-13/h2-4,6-7,13H,5,8-11H2,1H3,(H,17,19). The number of rotatable bonds is 3. The third-order valence-electron chi connectivity index (χ3n) is 4.24. The summed E-state index contributed by atoms with van der Waals surface area (Å²) in [4.78, 5) is 26.5. The zero-order valence-corrected chi connectivity index (χ0v) is 12.2. The lowest BCUT2D eigenvalue weighted by Crippen LogP contribution is -2.64. The molecule has 0 saturated carbocycles. The number of amides is 2. The van der Waals surface area contributed by atoms with Gasteiger partial charge in [-0.05, 0) is 25.3 Å². The van der Waals surface area contributed by atoms with Crippen molar-refractivity contribution in [3.63, 3.8) is 0 Å². The normalized spacial score (nSPS) is 29.6. The van der Waals surface area contributed by atoms with Gasteiger partial charge in [0.1, 0.15) is 5.54 Å². The third-order valence-corrected chi connectivity index (χ3v) is 4.24. The van der Waals surface area contributed by atoms with E-state index in [1.807, 2.05) is 30.3 Å². The average molecular weight is 288 g/mol. The summed E-state index contributed by atoms with van der Waals surface area (Å²) in [5.74, 6) is -0.192. The van der Waals surface area contributed by atoms with Gasteiger partial charge in [-0.3, -0.25) is 9.59 Å². The van der Waals surface area contributed by atoms with Crippen LogP contribution in [0.2, 0.25) is 0 Å². The first-order valence-electron chi connectivity index (χ1n) is 7.37. The van der Waals surface area contributed by atoms with Gasteiger partial charge in [-0.25, -0.2) is 0 Å². The van der Waals surface area contributed by atoms with Crippen LogP contribution in [0.25, 0.3) is 0 Å². The van der Waals surface area contributed by atoms with Crippen LogP contribution in [0.1, 0.15) is 25.3 Å². The van der Waals surface area contributed by atoms with Gasteiger partial charge in [-0.2, -0.15) is 0 Å². The van der Waals surface area contributed by atoms with Crippen LogP contribution in [0.4, 0.5) is 0 Å². The summed E-state index contributed by atoms with van der Waals surface area (Å²) in [5, 5.41) is 2.84. The number of hydrogen-bond donors (Lipinski definition) is 1. The molecular weight excluding hydrogens is 268 g/mol. The number of piperazine rings is 1. The molecule has 2 atom stereocenters. The molecule has 0 aromatic heterocycles. The average Bonchev–Trinajstić information content (AvgIpc) is 2.98. The van der Waals surface area contributed by atoms with Gasteiger partial charge in [0.25, 0.3) is 5.91 Å². The van der Waals surface area contributed by atoms with E-state index in [0.717, 1.165) is 25.0 Å². The van der Waals surface area contributed by atoms with Gasteiger partial charge in [0, 0.05) is 13.2 Å². The van der Waals surface area contributed by atoms with Crippen molar-refractivity contribution in [3.05, 3.63) is 35.9 Å². The van der Waals surface area contributed by atoms with E-state index in [2.05, 4.69) is 5.32 Å². The maximum Gasteiger partial charge on any atom is 0.253 e. The summed E-state index contributed by atoms with van der Waals surface area (Å²) in [7, 11) is 0. The molecule has 2 amide bonds. The van der Waals surface area contributed by atoms with Gasteiger partial charge in [0.2, 0.25) is 5.91 Å². The van der Waals surface area contributed by atoms with Gasteiger partial charge in [-0.15, -0.1) is 0 Å². The molecule has 0 bridgehead atoms. The van der Waals surface area contributed by atoms with Gasteiger partial charge in [0.05, 0.1) is 12.6 Å². The van der Waals surface area contributed by atoms with Gasteiger partial charge in [-0.1, -0.05) is 30.3 Å². The molecule has 2 aliphatic rings. The summed E-state index contributed by atoms with van der Waals surface area (Å²) in [6.07, 6.45) is 2.03. The third kappa shape index (κ3) is 2.65. The van der Waals surface area contributed by atoms with Crippen LogP contribution in [0, 0.1) is 0 Å². The molecule has 2 aliphatic heterocycles. The molecule has 2 unspecified atom stereocenters. The molecule has 2 saturated heterocycles. The van der Waals surface area contributed by atoms with E-state index in [0.29, 0.717) is 6.54 Å². The summed E-state index contributed by atoms with van der Waals surface area (Å²) in [6, 6.07) is 9.38. The lowest BCUT2D eigenvalue weighted by atomic mass is 9.88. The highest BCUT2D eigenvalue weighted by Crippen LogP contribution is 2.27. The molecule has 2 fully saturated rings. The number of carbonyl (C=O) groups excluding carboxylic acids is 2. The van der Waals surface area contributed by atoms with E-state index < -0.39 is 5.54 Å². The van der Waals surface area contributed by atoms with Crippen molar-refractivity contribution in [2.75, 3.05) is 19.7 Å². The Morgan fingerprint density at radius 2 is 2.10 bits per heavy atom. The number of hydrogen-bond acceptors (Lipinski definition) is 3. The summed E-state index contributed by atoms with van der Waals surface area (Å²) in [6.45, 7) is 3.12. The van der Waals surface area contributed by atoms with E-state index >= 15 is 0 Å². The Hall–Kier alpha value is -1.88. The maximum absolute atomic E-state index is 12.8. The van der Waals surface area contributed by atoms with E-state index in [1.54, 1.807) is 11.8 Å². The minimum atomic E-state index is -0.991. The Kier molecular flexibility index (Phi) is 3.68. The Labute approximate surface area is 124 Å².